The fourth-order valence-electron chi connectivity index (χ4n) is 3.51. The number of rotatable bonds is 5. The number of thiophene rings is 1. The van der Waals surface area contributed by atoms with Crippen LogP contribution in [-0.4, -0.2) is 22.3 Å². The van der Waals surface area contributed by atoms with Gasteiger partial charge in [-0.2, -0.15) is 0 Å². The van der Waals surface area contributed by atoms with Crippen LogP contribution >= 0.6 is 11.3 Å². The lowest BCUT2D eigenvalue weighted by molar-refractivity contribution is 0.0951. The molecule has 0 spiro atoms. The van der Waals surface area contributed by atoms with Gasteiger partial charge in [0.1, 0.15) is 16.5 Å². The molecule has 1 aliphatic carbocycles. The summed E-state index contributed by atoms with van der Waals surface area (Å²) >= 11 is 1.55. The Kier molecular flexibility index (Phi) is 5.62. The number of amides is 1. The molecule has 0 saturated heterocycles. The molecule has 3 N–H and O–H groups in total. The molecule has 0 atom stereocenters. The maximum absolute atomic E-state index is 13.0. The summed E-state index contributed by atoms with van der Waals surface area (Å²) in [7, 11) is 0. The minimum Gasteiger partial charge on any atom is -0.508 e. The van der Waals surface area contributed by atoms with Crippen LogP contribution in [0, 0.1) is 0 Å². The number of aryl methyl sites for hydroxylation is 1. The van der Waals surface area contributed by atoms with E-state index in [9.17, 15) is 15.0 Å². The summed E-state index contributed by atoms with van der Waals surface area (Å²) < 4.78 is 0. The minimum atomic E-state index is -0.115. The predicted molar refractivity (Wildman–Crippen MR) is 116 cm³/mol. The zero-order valence-corrected chi connectivity index (χ0v) is 16.7. The maximum atomic E-state index is 13.0. The van der Waals surface area contributed by atoms with Crippen LogP contribution in [0.25, 0.3) is 0 Å². The molecular weight excluding hydrogens is 384 g/mol. The Hall–Kier alpha value is -3.12. The Morgan fingerprint density at radius 3 is 2.69 bits per heavy atom. The lowest BCUT2D eigenvalue weighted by Crippen LogP contribution is -2.24. The molecule has 0 aliphatic heterocycles. The van der Waals surface area contributed by atoms with Gasteiger partial charge in [0.05, 0.1) is 5.56 Å². The molecule has 0 saturated carbocycles. The number of fused-ring (bicyclic) bond motifs is 1. The number of aromatic hydroxyl groups is 2. The van der Waals surface area contributed by atoms with Gasteiger partial charge >= 0.3 is 0 Å². The van der Waals surface area contributed by atoms with Crippen molar-refractivity contribution < 1.29 is 15.0 Å². The highest BCUT2D eigenvalue weighted by Crippen LogP contribution is 2.40. The number of phenols is 2. The molecule has 1 aromatic heterocycles. The summed E-state index contributed by atoms with van der Waals surface area (Å²) in [5.74, 6) is -0.173. The Morgan fingerprint density at radius 1 is 1.10 bits per heavy atom. The average molecular weight is 407 g/mol. The van der Waals surface area contributed by atoms with Gasteiger partial charge < -0.3 is 15.5 Å². The molecule has 0 radical (unpaired) electrons. The highest BCUT2D eigenvalue weighted by molar-refractivity contribution is 7.16. The van der Waals surface area contributed by atoms with E-state index in [1.807, 2.05) is 30.3 Å². The van der Waals surface area contributed by atoms with Gasteiger partial charge in [-0.05, 0) is 48.9 Å². The van der Waals surface area contributed by atoms with Crippen LogP contribution in [-0.2, 0) is 19.4 Å². The first-order chi connectivity index (χ1) is 14.1. The Labute approximate surface area is 173 Å². The molecule has 6 heteroatoms. The van der Waals surface area contributed by atoms with Gasteiger partial charge in [-0.1, -0.05) is 30.3 Å². The summed E-state index contributed by atoms with van der Waals surface area (Å²) in [6.07, 6.45) is 5.60. The standard InChI is InChI=1S/C23H22N2O3S/c26-17-11-10-16(19(27)12-17)14-25-23-21(18-8-4-5-9-20(18)29-23)22(28)24-13-15-6-2-1-3-7-15/h1-3,6-7,10-12,14,26-27H,4-5,8-9,13H2,(H,24,28)/b25-14+. The van der Waals surface area contributed by atoms with Crippen molar-refractivity contribution in [2.24, 2.45) is 4.99 Å². The van der Waals surface area contributed by atoms with Crippen molar-refractivity contribution >= 4 is 28.5 Å². The lowest BCUT2D eigenvalue weighted by atomic mass is 9.95. The molecular formula is C23H22N2O3S. The fourth-order valence-corrected chi connectivity index (χ4v) is 4.74. The van der Waals surface area contributed by atoms with Crippen molar-refractivity contribution in [2.45, 2.75) is 32.2 Å². The van der Waals surface area contributed by atoms with Crippen molar-refractivity contribution in [1.29, 1.82) is 0 Å². The summed E-state index contributed by atoms with van der Waals surface area (Å²) in [6.45, 7) is 0.464. The van der Waals surface area contributed by atoms with Crippen molar-refractivity contribution in [3.8, 4) is 11.5 Å². The third-order valence-corrected chi connectivity index (χ3v) is 6.21. The Bertz CT molecular complexity index is 1060. The number of carbonyl (C=O) groups is 1. The van der Waals surface area contributed by atoms with E-state index in [4.69, 9.17) is 0 Å². The molecule has 5 nitrogen and oxygen atoms in total. The highest BCUT2D eigenvalue weighted by Gasteiger charge is 2.25. The first-order valence-electron chi connectivity index (χ1n) is 9.64. The topological polar surface area (TPSA) is 81.9 Å². The number of carbonyl (C=O) groups excluding carboxylic acids is 1. The van der Waals surface area contributed by atoms with Gasteiger partial charge in [0.25, 0.3) is 5.91 Å². The second kappa shape index (κ2) is 8.49. The van der Waals surface area contributed by atoms with Crippen molar-refractivity contribution in [1.82, 2.24) is 5.32 Å². The van der Waals surface area contributed by atoms with E-state index in [-0.39, 0.29) is 17.4 Å². The molecule has 2 aromatic carbocycles. The number of phenolic OH excluding ortho intramolecular Hbond substituents is 2. The summed E-state index contributed by atoms with van der Waals surface area (Å²) in [4.78, 5) is 18.8. The van der Waals surface area contributed by atoms with Gasteiger partial charge in [0.2, 0.25) is 0 Å². The van der Waals surface area contributed by atoms with Gasteiger partial charge in [-0.3, -0.25) is 4.79 Å². The maximum Gasteiger partial charge on any atom is 0.254 e. The number of benzene rings is 2. The third kappa shape index (κ3) is 4.32. The van der Waals surface area contributed by atoms with E-state index in [2.05, 4.69) is 10.3 Å². The van der Waals surface area contributed by atoms with Gasteiger partial charge in [0.15, 0.2) is 0 Å². The van der Waals surface area contributed by atoms with Crippen LogP contribution in [0.3, 0.4) is 0 Å². The minimum absolute atomic E-state index is 0.00721. The van der Waals surface area contributed by atoms with E-state index < -0.39 is 0 Å². The summed E-state index contributed by atoms with van der Waals surface area (Å²) in [6, 6.07) is 14.2. The number of nitrogens with zero attached hydrogens (tertiary/aromatic N) is 1. The van der Waals surface area contributed by atoms with Crippen LogP contribution in [0.5, 0.6) is 11.5 Å². The molecule has 148 valence electrons. The van der Waals surface area contributed by atoms with Gasteiger partial charge in [0, 0.05) is 29.3 Å². The highest BCUT2D eigenvalue weighted by atomic mass is 32.1. The molecule has 0 unspecified atom stereocenters. The monoisotopic (exact) mass is 406 g/mol. The molecule has 0 bridgehead atoms. The number of nitrogens with one attached hydrogen (secondary N) is 1. The molecule has 1 amide bonds. The zero-order valence-electron chi connectivity index (χ0n) is 15.9. The number of hydrogen-bond donors (Lipinski definition) is 3. The van der Waals surface area contributed by atoms with E-state index in [0.29, 0.717) is 22.7 Å². The predicted octanol–water partition coefficient (Wildman–Crippen LogP) is 4.72. The van der Waals surface area contributed by atoms with Crippen molar-refractivity contribution in [3.63, 3.8) is 0 Å². The van der Waals surface area contributed by atoms with Crippen LogP contribution < -0.4 is 5.32 Å². The molecule has 4 rings (SSSR count). The second-order valence-corrected chi connectivity index (χ2v) is 8.14. The van der Waals surface area contributed by atoms with Gasteiger partial charge in [-0.25, -0.2) is 4.99 Å². The van der Waals surface area contributed by atoms with Crippen LogP contribution in [0.1, 0.15) is 44.8 Å². The largest absolute Gasteiger partial charge is 0.508 e. The van der Waals surface area contributed by atoms with E-state index in [1.165, 1.54) is 17.0 Å². The summed E-state index contributed by atoms with van der Waals surface area (Å²) in [5.41, 5.74) is 3.29. The van der Waals surface area contributed by atoms with Crippen molar-refractivity contribution in [3.05, 3.63) is 75.7 Å². The Morgan fingerprint density at radius 2 is 1.90 bits per heavy atom. The fraction of sp³-hybridized carbons (Fsp3) is 0.217. The average Bonchev–Trinajstić information content (AvgIpc) is 3.10. The van der Waals surface area contributed by atoms with Crippen LogP contribution in [0.4, 0.5) is 5.00 Å². The molecule has 3 aromatic rings. The van der Waals surface area contributed by atoms with Crippen LogP contribution in [0.2, 0.25) is 0 Å². The van der Waals surface area contributed by atoms with Gasteiger partial charge in [-0.15, -0.1) is 11.3 Å². The lowest BCUT2D eigenvalue weighted by Gasteiger charge is -2.12. The third-order valence-electron chi connectivity index (χ3n) is 5.01. The number of aliphatic imine (C=N–C) groups is 1. The second-order valence-electron chi connectivity index (χ2n) is 7.06. The van der Waals surface area contributed by atoms with Crippen molar-refractivity contribution in [2.75, 3.05) is 0 Å². The number of hydrogen-bond acceptors (Lipinski definition) is 5. The normalized spacial score (nSPS) is 13.4. The first-order valence-corrected chi connectivity index (χ1v) is 10.5. The van der Waals surface area contributed by atoms with E-state index in [1.54, 1.807) is 23.6 Å². The SMILES string of the molecule is O=C(NCc1ccccc1)c1c(/N=C/c2ccc(O)cc2O)sc2c1CCCC2. The van der Waals surface area contributed by atoms with E-state index in [0.717, 1.165) is 36.8 Å². The Balaban J connectivity index is 1.62. The first kappa shape index (κ1) is 19.2. The summed E-state index contributed by atoms with van der Waals surface area (Å²) in [5, 5.41) is 23.1. The van der Waals surface area contributed by atoms with E-state index >= 15 is 0 Å². The quantitative estimate of drug-likeness (QED) is 0.536. The molecule has 29 heavy (non-hydrogen) atoms. The molecule has 0 fully saturated rings. The smallest absolute Gasteiger partial charge is 0.254 e. The zero-order chi connectivity index (χ0) is 20.2. The molecule has 1 heterocycles. The molecule has 1 aliphatic rings. The van der Waals surface area contributed by atoms with Crippen LogP contribution in [0.15, 0.2) is 53.5 Å².